The van der Waals surface area contributed by atoms with E-state index in [1.54, 1.807) is 6.07 Å². The molecule has 1 aromatic heterocycles. The number of aromatic nitrogens is 2. The molecule has 0 aliphatic heterocycles. The predicted molar refractivity (Wildman–Crippen MR) is 141 cm³/mol. The molecule has 0 saturated heterocycles. The maximum Gasteiger partial charge on any atom is 0.343 e. The summed E-state index contributed by atoms with van der Waals surface area (Å²) >= 11 is 0. The average Bonchev–Trinajstić information content (AvgIpc) is 3.23. The molecule has 0 radical (unpaired) electrons. The number of nitrogens with zero attached hydrogens (tertiary/aromatic N) is 3. The van der Waals surface area contributed by atoms with Gasteiger partial charge in [0.05, 0.1) is 16.6 Å². The Labute approximate surface area is 205 Å². The molecule has 0 amide bonds. The number of carbonyl (C=O) groups excluding carboxylic acids is 1. The first-order valence-electron chi connectivity index (χ1n) is 11.6. The Morgan fingerprint density at radius 1 is 0.886 bits per heavy atom. The molecule has 0 spiro atoms. The van der Waals surface area contributed by atoms with Crippen LogP contribution < -0.4 is 9.64 Å². The zero-order chi connectivity index (χ0) is 24.4. The molecule has 5 aromatic rings. The highest BCUT2D eigenvalue weighted by Crippen LogP contribution is 2.28. The molecule has 0 N–H and O–H groups in total. The van der Waals surface area contributed by atoms with Crippen LogP contribution >= 0.6 is 0 Å². The van der Waals surface area contributed by atoms with Crippen LogP contribution in [0.3, 0.4) is 0 Å². The number of para-hydroxylation sites is 2. The van der Waals surface area contributed by atoms with Gasteiger partial charge in [-0.15, -0.1) is 0 Å². The Morgan fingerprint density at radius 3 is 2.31 bits per heavy atom. The average molecular weight is 462 g/mol. The van der Waals surface area contributed by atoms with Gasteiger partial charge in [-0.2, -0.15) is 0 Å². The Hall–Kier alpha value is -4.38. The predicted octanol–water partition coefficient (Wildman–Crippen LogP) is 6.35. The van der Waals surface area contributed by atoms with Crippen LogP contribution in [0.25, 0.3) is 22.4 Å². The Kier molecular flexibility index (Phi) is 6.06. The number of aryl methyl sites for hydroxylation is 1. The van der Waals surface area contributed by atoms with E-state index in [1.807, 2.05) is 98.7 Å². The van der Waals surface area contributed by atoms with Crippen molar-refractivity contribution in [3.63, 3.8) is 0 Å². The van der Waals surface area contributed by atoms with Crippen molar-refractivity contribution in [1.82, 2.24) is 9.55 Å². The van der Waals surface area contributed by atoms with Gasteiger partial charge >= 0.3 is 5.97 Å². The van der Waals surface area contributed by atoms with Gasteiger partial charge in [-0.05, 0) is 72.6 Å². The number of ether oxygens (including phenoxy) is 1. The molecule has 0 aliphatic rings. The van der Waals surface area contributed by atoms with E-state index < -0.39 is 0 Å². The first-order valence-corrected chi connectivity index (χ1v) is 11.6. The number of hydrogen-bond donors (Lipinski definition) is 0. The molecular weight excluding hydrogens is 434 g/mol. The number of benzene rings is 4. The van der Waals surface area contributed by atoms with Gasteiger partial charge in [-0.3, -0.25) is 0 Å². The summed E-state index contributed by atoms with van der Waals surface area (Å²) in [5.74, 6) is 1.00. The summed E-state index contributed by atoms with van der Waals surface area (Å²) in [6.45, 7) is 2.71. The molecule has 174 valence electrons. The van der Waals surface area contributed by atoms with Crippen molar-refractivity contribution in [2.45, 2.75) is 13.5 Å². The number of esters is 1. The van der Waals surface area contributed by atoms with Crippen LogP contribution in [0.5, 0.6) is 5.75 Å². The topological polar surface area (TPSA) is 47.4 Å². The molecule has 0 fully saturated rings. The second-order valence-electron chi connectivity index (χ2n) is 8.81. The number of rotatable bonds is 6. The van der Waals surface area contributed by atoms with Crippen molar-refractivity contribution in [3.05, 3.63) is 114 Å². The highest BCUT2D eigenvalue weighted by molar-refractivity contribution is 5.92. The van der Waals surface area contributed by atoms with E-state index in [2.05, 4.69) is 22.8 Å². The number of carbonyl (C=O) groups is 1. The third-order valence-electron chi connectivity index (χ3n) is 6.08. The first kappa shape index (κ1) is 22.4. The van der Waals surface area contributed by atoms with Crippen molar-refractivity contribution in [3.8, 4) is 17.1 Å². The van der Waals surface area contributed by atoms with Crippen molar-refractivity contribution < 1.29 is 9.53 Å². The Bertz CT molecular complexity index is 1490. The molecular formula is C30H27N3O2. The lowest BCUT2D eigenvalue weighted by molar-refractivity contribution is 0.0734. The molecule has 5 rings (SSSR count). The van der Waals surface area contributed by atoms with Gasteiger partial charge in [-0.1, -0.05) is 42.5 Å². The third kappa shape index (κ3) is 4.66. The minimum Gasteiger partial charge on any atom is -0.423 e. The summed E-state index contributed by atoms with van der Waals surface area (Å²) in [6, 6.07) is 31.6. The minimum absolute atomic E-state index is 0.373. The van der Waals surface area contributed by atoms with E-state index in [0.717, 1.165) is 40.2 Å². The standard InChI is InChI=1S/C30H27N3O2/c1-21-19-24(15-18-27(21)32(2)3)30(34)35-25-16-13-23(14-17-25)29-31-26-11-7-8-12-28(26)33(29)20-22-9-5-4-6-10-22/h4-19H,20H2,1-3H3. The fourth-order valence-corrected chi connectivity index (χ4v) is 4.34. The largest absolute Gasteiger partial charge is 0.423 e. The molecule has 4 aromatic carbocycles. The molecule has 5 heteroatoms. The van der Waals surface area contributed by atoms with Crippen molar-refractivity contribution in [2.24, 2.45) is 0 Å². The lowest BCUT2D eigenvalue weighted by Crippen LogP contribution is -2.12. The fourth-order valence-electron chi connectivity index (χ4n) is 4.34. The van der Waals surface area contributed by atoms with Crippen LogP contribution in [0.2, 0.25) is 0 Å². The molecule has 0 atom stereocenters. The number of hydrogen-bond acceptors (Lipinski definition) is 4. The first-order chi connectivity index (χ1) is 17.0. The van der Waals surface area contributed by atoms with Gasteiger partial charge in [0, 0.05) is 31.9 Å². The smallest absolute Gasteiger partial charge is 0.343 e. The number of anilines is 1. The van der Waals surface area contributed by atoms with Crippen LogP contribution in [0.15, 0.2) is 97.1 Å². The number of fused-ring (bicyclic) bond motifs is 1. The Morgan fingerprint density at radius 2 is 1.60 bits per heavy atom. The van der Waals surface area contributed by atoms with Crippen LogP contribution in [-0.4, -0.2) is 29.6 Å². The quantitative estimate of drug-likeness (QED) is 0.219. The van der Waals surface area contributed by atoms with Gasteiger partial charge in [0.25, 0.3) is 0 Å². The molecule has 0 unspecified atom stereocenters. The van der Waals surface area contributed by atoms with E-state index in [4.69, 9.17) is 9.72 Å². The second kappa shape index (κ2) is 9.47. The molecule has 0 bridgehead atoms. The summed E-state index contributed by atoms with van der Waals surface area (Å²) in [7, 11) is 3.96. The van der Waals surface area contributed by atoms with Crippen LogP contribution in [0.4, 0.5) is 5.69 Å². The Balaban J connectivity index is 1.41. The second-order valence-corrected chi connectivity index (χ2v) is 8.81. The van der Waals surface area contributed by atoms with E-state index in [9.17, 15) is 4.79 Å². The summed E-state index contributed by atoms with van der Waals surface area (Å²) in [6.07, 6.45) is 0. The minimum atomic E-state index is -0.373. The van der Waals surface area contributed by atoms with Crippen LogP contribution in [0.1, 0.15) is 21.5 Å². The van der Waals surface area contributed by atoms with Gasteiger partial charge in [0.1, 0.15) is 11.6 Å². The maximum absolute atomic E-state index is 12.7. The lowest BCUT2D eigenvalue weighted by atomic mass is 10.1. The summed E-state index contributed by atoms with van der Waals surface area (Å²) in [5, 5.41) is 0. The lowest BCUT2D eigenvalue weighted by Gasteiger charge is -2.16. The monoisotopic (exact) mass is 461 g/mol. The van der Waals surface area contributed by atoms with E-state index in [-0.39, 0.29) is 5.97 Å². The van der Waals surface area contributed by atoms with Crippen LogP contribution in [0, 0.1) is 6.92 Å². The number of imidazole rings is 1. The molecule has 5 nitrogen and oxygen atoms in total. The fraction of sp³-hybridized carbons (Fsp3) is 0.133. The van der Waals surface area contributed by atoms with E-state index >= 15 is 0 Å². The third-order valence-corrected chi connectivity index (χ3v) is 6.08. The summed E-state index contributed by atoms with van der Waals surface area (Å²) < 4.78 is 7.87. The van der Waals surface area contributed by atoms with Gasteiger partial charge in [-0.25, -0.2) is 9.78 Å². The van der Waals surface area contributed by atoms with E-state index in [1.165, 1.54) is 5.56 Å². The zero-order valence-electron chi connectivity index (χ0n) is 20.1. The summed E-state index contributed by atoms with van der Waals surface area (Å²) in [5.41, 5.74) is 6.83. The SMILES string of the molecule is Cc1cc(C(=O)Oc2ccc(-c3nc4ccccc4n3Cc3ccccc3)cc2)ccc1N(C)C. The van der Waals surface area contributed by atoms with Crippen molar-refractivity contribution in [1.29, 1.82) is 0 Å². The molecule has 35 heavy (non-hydrogen) atoms. The highest BCUT2D eigenvalue weighted by Gasteiger charge is 2.15. The van der Waals surface area contributed by atoms with Gasteiger partial charge in [0.15, 0.2) is 0 Å². The van der Waals surface area contributed by atoms with E-state index in [0.29, 0.717) is 11.3 Å². The maximum atomic E-state index is 12.7. The van der Waals surface area contributed by atoms with Crippen molar-refractivity contribution >= 4 is 22.7 Å². The normalized spacial score (nSPS) is 10.9. The molecule has 0 saturated carbocycles. The van der Waals surface area contributed by atoms with Crippen molar-refractivity contribution in [2.75, 3.05) is 19.0 Å². The van der Waals surface area contributed by atoms with Gasteiger partial charge < -0.3 is 14.2 Å². The van der Waals surface area contributed by atoms with Gasteiger partial charge in [0.2, 0.25) is 0 Å². The molecule has 1 heterocycles. The van der Waals surface area contributed by atoms with Crippen LogP contribution in [-0.2, 0) is 6.54 Å². The molecule has 0 aliphatic carbocycles. The zero-order valence-corrected chi connectivity index (χ0v) is 20.1. The highest BCUT2D eigenvalue weighted by atomic mass is 16.5. The summed E-state index contributed by atoms with van der Waals surface area (Å²) in [4.78, 5) is 19.6.